The molecule has 6 nitrogen and oxygen atoms in total. The Labute approximate surface area is 118 Å². The molecule has 3 aromatic rings. The number of fused-ring (bicyclic) bond motifs is 1. The molecule has 0 saturated heterocycles. The predicted molar refractivity (Wildman–Crippen MR) is 75.4 cm³/mol. The molecule has 2 aromatic carbocycles. The van der Waals surface area contributed by atoms with Crippen molar-refractivity contribution in [3.05, 3.63) is 57.6 Å². The topological polar surface area (TPSA) is 81.2 Å². The average molecular weight is 290 g/mol. The summed E-state index contributed by atoms with van der Waals surface area (Å²) >= 11 is 5.99. The van der Waals surface area contributed by atoms with Crippen LogP contribution in [0.15, 0.2) is 46.9 Å². The second kappa shape index (κ2) is 4.82. The normalized spacial score (nSPS) is 10.7. The van der Waals surface area contributed by atoms with Crippen LogP contribution in [0.4, 0.5) is 17.4 Å². The van der Waals surface area contributed by atoms with Crippen LogP contribution in [0.2, 0.25) is 5.02 Å². The Morgan fingerprint density at radius 1 is 1.25 bits per heavy atom. The summed E-state index contributed by atoms with van der Waals surface area (Å²) in [5.74, 6) is 0. The second-order valence-corrected chi connectivity index (χ2v) is 4.44. The van der Waals surface area contributed by atoms with Gasteiger partial charge in [-0.2, -0.15) is 4.98 Å². The summed E-state index contributed by atoms with van der Waals surface area (Å²) in [5, 5.41) is 13.8. The van der Waals surface area contributed by atoms with Gasteiger partial charge < -0.3 is 9.73 Å². The smallest absolute Gasteiger partial charge is 0.300 e. The highest BCUT2D eigenvalue weighted by Crippen LogP contribution is 2.30. The first-order chi connectivity index (χ1) is 9.63. The van der Waals surface area contributed by atoms with Gasteiger partial charge in [-0.1, -0.05) is 23.7 Å². The summed E-state index contributed by atoms with van der Waals surface area (Å²) in [6.45, 7) is 0. The fourth-order valence-electron chi connectivity index (χ4n) is 1.76. The number of rotatable bonds is 3. The van der Waals surface area contributed by atoms with Crippen molar-refractivity contribution in [2.24, 2.45) is 0 Å². The van der Waals surface area contributed by atoms with Gasteiger partial charge in [0.05, 0.1) is 15.6 Å². The van der Waals surface area contributed by atoms with Gasteiger partial charge in [-0.05, 0) is 18.2 Å². The highest BCUT2D eigenvalue weighted by atomic mass is 35.5. The van der Waals surface area contributed by atoms with E-state index in [2.05, 4.69) is 10.3 Å². The summed E-state index contributed by atoms with van der Waals surface area (Å²) in [5.41, 5.74) is 1.78. The molecular weight excluding hydrogens is 282 g/mol. The van der Waals surface area contributed by atoms with Crippen molar-refractivity contribution in [3.8, 4) is 0 Å². The van der Waals surface area contributed by atoms with E-state index < -0.39 is 4.92 Å². The monoisotopic (exact) mass is 289 g/mol. The lowest BCUT2D eigenvalue weighted by Gasteiger charge is -2.03. The van der Waals surface area contributed by atoms with Crippen LogP contribution in [0, 0.1) is 10.1 Å². The molecule has 0 amide bonds. The fourth-order valence-corrected chi connectivity index (χ4v) is 1.98. The molecule has 1 N–H and O–H groups in total. The number of nitrogens with one attached hydrogen (secondary N) is 1. The second-order valence-electron chi connectivity index (χ2n) is 4.03. The van der Waals surface area contributed by atoms with Gasteiger partial charge in [0.1, 0.15) is 5.52 Å². The van der Waals surface area contributed by atoms with Gasteiger partial charge in [0.25, 0.3) is 11.7 Å². The summed E-state index contributed by atoms with van der Waals surface area (Å²) in [4.78, 5) is 14.4. The maximum Gasteiger partial charge on any atom is 0.300 e. The zero-order valence-corrected chi connectivity index (χ0v) is 10.8. The molecule has 20 heavy (non-hydrogen) atoms. The van der Waals surface area contributed by atoms with Crippen molar-refractivity contribution in [2.75, 3.05) is 5.32 Å². The number of aromatic nitrogens is 1. The van der Waals surface area contributed by atoms with Crippen molar-refractivity contribution >= 4 is 40.1 Å². The van der Waals surface area contributed by atoms with Gasteiger partial charge >= 0.3 is 0 Å². The molecule has 0 spiro atoms. The number of hydrogen-bond donors (Lipinski definition) is 1. The van der Waals surface area contributed by atoms with Crippen LogP contribution in [0.3, 0.4) is 0 Å². The SMILES string of the molecule is O=[N+]([O-])c1ccc(Nc2nc3ccccc3o2)c(Cl)c1. The van der Waals surface area contributed by atoms with Gasteiger partial charge in [-0.3, -0.25) is 10.1 Å². The van der Waals surface area contributed by atoms with Gasteiger partial charge in [-0.25, -0.2) is 0 Å². The predicted octanol–water partition coefficient (Wildman–Crippen LogP) is 4.13. The molecular formula is C13H8ClN3O3. The first-order valence-corrected chi connectivity index (χ1v) is 6.08. The highest BCUT2D eigenvalue weighted by molar-refractivity contribution is 6.33. The quantitative estimate of drug-likeness (QED) is 0.579. The van der Waals surface area contributed by atoms with Crippen molar-refractivity contribution in [3.63, 3.8) is 0 Å². The van der Waals surface area contributed by atoms with Gasteiger partial charge in [-0.15, -0.1) is 0 Å². The lowest BCUT2D eigenvalue weighted by molar-refractivity contribution is -0.384. The number of para-hydroxylation sites is 2. The summed E-state index contributed by atoms with van der Waals surface area (Å²) in [6, 6.07) is 11.7. The lowest BCUT2D eigenvalue weighted by atomic mass is 10.3. The largest absolute Gasteiger partial charge is 0.423 e. The summed E-state index contributed by atoms with van der Waals surface area (Å²) in [7, 11) is 0. The number of hydrogen-bond acceptors (Lipinski definition) is 5. The molecule has 0 aliphatic carbocycles. The third kappa shape index (κ3) is 2.28. The average Bonchev–Trinajstić information content (AvgIpc) is 2.83. The van der Waals surface area contributed by atoms with Crippen LogP contribution in [0.5, 0.6) is 0 Å². The molecule has 0 saturated carbocycles. The minimum absolute atomic E-state index is 0.0712. The third-order valence-corrected chi connectivity index (χ3v) is 3.01. The van der Waals surface area contributed by atoms with E-state index in [1.54, 1.807) is 6.07 Å². The summed E-state index contributed by atoms with van der Waals surface area (Å²) in [6.07, 6.45) is 0. The number of non-ortho nitro benzene ring substituents is 1. The van der Waals surface area contributed by atoms with Crippen LogP contribution in [0.1, 0.15) is 0 Å². The number of benzene rings is 2. The minimum atomic E-state index is -0.505. The van der Waals surface area contributed by atoms with E-state index in [0.29, 0.717) is 16.8 Å². The van der Waals surface area contributed by atoms with Crippen molar-refractivity contribution < 1.29 is 9.34 Å². The van der Waals surface area contributed by atoms with E-state index >= 15 is 0 Å². The third-order valence-electron chi connectivity index (χ3n) is 2.70. The molecule has 7 heteroatoms. The number of halogens is 1. The Bertz CT molecular complexity index is 767. The number of nitro groups is 1. The van der Waals surface area contributed by atoms with E-state index in [4.69, 9.17) is 16.0 Å². The molecule has 3 rings (SSSR count). The Kier molecular flexibility index (Phi) is 3.00. The highest BCUT2D eigenvalue weighted by Gasteiger charge is 2.11. The van der Waals surface area contributed by atoms with E-state index in [0.717, 1.165) is 0 Å². The number of nitro benzene ring substituents is 1. The van der Waals surface area contributed by atoms with Crippen molar-refractivity contribution in [2.45, 2.75) is 0 Å². The first kappa shape index (κ1) is 12.4. The van der Waals surface area contributed by atoms with E-state index in [-0.39, 0.29) is 16.7 Å². The van der Waals surface area contributed by atoms with Crippen LogP contribution in [-0.2, 0) is 0 Å². The molecule has 1 aromatic heterocycles. The number of nitrogens with zero attached hydrogens (tertiary/aromatic N) is 2. The lowest BCUT2D eigenvalue weighted by Crippen LogP contribution is -1.93. The fraction of sp³-hybridized carbons (Fsp3) is 0. The van der Waals surface area contributed by atoms with E-state index in [9.17, 15) is 10.1 Å². The minimum Gasteiger partial charge on any atom is -0.423 e. The molecule has 0 fully saturated rings. The standard InChI is InChI=1S/C13H8ClN3O3/c14-9-7-8(17(18)19)5-6-10(9)15-13-16-11-3-1-2-4-12(11)20-13/h1-7H,(H,15,16). The van der Waals surface area contributed by atoms with E-state index in [1.165, 1.54) is 18.2 Å². The Balaban J connectivity index is 1.92. The van der Waals surface area contributed by atoms with Gasteiger partial charge in [0, 0.05) is 12.1 Å². The Hall–Kier alpha value is -2.60. The van der Waals surface area contributed by atoms with Crippen LogP contribution >= 0.6 is 11.6 Å². The zero-order chi connectivity index (χ0) is 14.1. The number of oxazole rings is 1. The van der Waals surface area contributed by atoms with Crippen LogP contribution in [-0.4, -0.2) is 9.91 Å². The molecule has 100 valence electrons. The van der Waals surface area contributed by atoms with Crippen molar-refractivity contribution in [1.82, 2.24) is 4.98 Å². The first-order valence-electron chi connectivity index (χ1n) is 5.70. The maximum atomic E-state index is 10.6. The molecule has 0 aliphatic rings. The van der Waals surface area contributed by atoms with Crippen LogP contribution in [0.25, 0.3) is 11.1 Å². The van der Waals surface area contributed by atoms with E-state index in [1.807, 2.05) is 18.2 Å². The van der Waals surface area contributed by atoms with Gasteiger partial charge in [0.2, 0.25) is 0 Å². The molecule has 0 bridgehead atoms. The van der Waals surface area contributed by atoms with Crippen LogP contribution < -0.4 is 5.32 Å². The number of anilines is 2. The van der Waals surface area contributed by atoms with Crippen molar-refractivity contribution in [1.29, 1.82) is 0 Å². The molecule has 0 aliphatic heterocycles. The maximum absolute atomic E-state index is 10.6. The summed E-state index contributed by atoms with van der Waals surface area (Å²) < 4.78 is 5.49. The van der Waals surface area contributed by atoms with Gasteiger partial charge in [0.15, 0.2) is 5.58 Å². The Morgan fingerprint density at radius 2 is 2.05 bits per heavy atom. The molecule has 1 heterocycles. The zero-order valence-electron chi connectivity index (χ0n) is 10.0. The Morgan fingerprint density at radius 3 is 2.75 bits per heavy atom. The molecule has 0 atom stereocenters. The molecule has 0 unspecified atom stereocenters. The molecule has 0 radical (unpaired) electrons.